The summed E-state index contributed by atoms with van der Waals surface area (Å²) in [7, 11) is -3.70. The van der Waals surface area contributed by atoms with Crippen molar-refractivity contribution in [2.24, 2.45) is 5.14 Å². The third-order valence-corrected chi connectivity index (χ3v) is 4.34. The fourth-order valence-corrected chi connectivity index (χ4v) is 2.61. The number of nitrogens with two attached hydrogens (primary N) is 1. The van der Waals surface area contributed by atoms with Crippen LogP contribution in [0.5, 0.6) is 0 Å². The van der Waals surface area contributed by atoms with Crippen molar-refractivity contribution in [3.63, 3.8) is 0 Å². The lowest BCUT2D eigenvalue weighted by atomic mass is 10.1. The molecule has 2 rings (SSSR count). The Hall–Kier alpha value is -2.23. The lowest BCUT2D eigenvalue weighted by Crippen LogP contribution is -2.39. The fourth-order valence-electron chi connectivity index (χ4n) is 2.10. The number of rotatable bonds is 7. The normalized spacial score (nSPS) is 12.8. The van der Waals surface area contributed by atoms with Gasteiger partial charge in [0, 0.05) is 12.6 Å². The molecule has 1 heterocycles. The number of nitrogens with zero attached hydrogens (tertiary/aromatic N) is 1. The Morgan fingerprint density at radius 1 is 1.33 bits per heavy atom. The molecule has 1 aromatic heterocycles. The van der Waals surface area contributed by atoms with E-state index in [1.165, 1.54) is 12.1 Å². The first-order chi connectivity index (χ1) is 11.3. The molecule has 4 N–H and O–H groups in total. The molecule has 130 valence electrons. The number of primary sulfonamides is 1. The van der Waals surface area contributed by atoms with Crippen LogP contribution in [-0.4, -0.2) is 25.5 Å². The standard InChI is InChI=1S/C15H20N4O4S/c1-3-13(15(20)18-14-8-10(2)23-19-14)17-9-11-4-6-12(7-5-11)24(16,21)22/h4-8,13,17H,3,9H2,1-2H3,(H2,16,21,22)(H,18,19,20). The number of nitrogens with one attached hydrogen (secondary N) is 2. The smallest absolute Gasteiger partial charge is 0.242 e. The summed E-state index contributed by atoms with van der Waals surface area (Å²) >= 11 is 0. The van der Waals surface area contributed by atoms with Crippen molar-refractivity contribution in [2.45, 2.75) is 37.8 Å². The van der Waals surface area contributed by atoms with Gasteiger partial charge in [-0.15, -0.1) is 0 Å². The second-order valence-corrected chi connectivity index (χ2v) is 6.90. The van der Waals surface area contributed by atoms with Crippen LogP contribution in [0.15, 0.2) is 39.8 Å². The predicted octanol–water partition coefficient (Wildman–Crippen LogP) is 1.14. The zero-order valence-electron chi connectivity index (χ0n) is 13.4. The number of amides is 1. The van der Waals surface area contributed by atoms with E-state index in [9.17, 15) is 13.2 Å². The van der Waals surface area contributed by atoms with Gasteiger partial charge in [0.05, 0.1) is 10.9 Å². The number of anilines is 1. The molecule has 0 radical (unpaired) electrons. The number of benzene rings is 1. The molecule has 0 aliphatic carbocycles. The summed E-state index contributed by atoms with van der Waals surface area (Å²) < 4.78 is 27.3. The zero-order valence-corrected chi connectivity index (χ0v) is 14.3. The van der Waals surface area contributed by atoms with Gasteiger partial charge in [0.15, 0.2) is 5.82 Å². The summed E-state index contributed by atoms with van der Waals surface area (Å²) in [4.78, 5) is 12.3. The molecule has 1 aromatic carbocycles. The largest absolute Gasteiger partial charge is 0.360 e. The highest BCUT2D eigenvalue weighted by atomic mass is 32.2. The van der Waals surface area contributed by atoms with E-state index >= 15 is 0 Å². The van der Waals surface area contributed by atoms with Crippen LogP contribution in [0.4, 0.5) is 5.82 Å². The number of hydrogen-bond donors (Lipinski definition) is 3. The molecule has 0 aliphatic heterocycles. The van der Waals surface area contributed by atoms with E-state index in [4.69, 9.17) is 9.66 Å². The van der Waals surface area contributed by atoms with Crippen molar-refractivity contribution < 1.29 is 17.7 Å². The molecule has 0 fully saturated rings. The van der Waals surface area contributed by atoms with E-state index in [2.05, 4.69) is 15.8 Å². The monoisotopic (exact) mass is 352 g/mol. The van der Waals surface area contributed by atoms with E-state index in [0.717, 1.165) is 5.56 Å². The Bertz CT molecular complexity index is 799. The summed E-state index contributed by atoms with van der Waals surface area (Å²) in [5, 5.41) is 14.6. The van der Waals surface area contributed by atoms with Crippen molar-refractivity contribution in [1.82, 2.24) is 10.5 Å². The number of hydrogen-bond acceptors (Lipinski definition) is 6. The first-order valence-corrected chi connectivity index (χ1v) is 8.93. The average molecular weight is 352 g/mol. The lowest BCUT2D eigenvalue weighted by molar-refractivity contribution is -0.118. The number of sulfonamides is 1. The van der Waals surface area contributed by atoms with Crippen molar-refractivity contribution in [2.75, 3.05) is 5.32 Å². The Morgan fingerprint density at radius 2 is 2.00 bits per heavy atom. The predicted molar refractivity (Wildman–Crippen MR) is 88.6 cm³/mol. The SMILES string of the molecule is CCC(NCc1ccc(S(N)(=O)=O)cc1)C(=O)Nc1cc(C)on1. The van der Waals surface area contributed by atoms with Gasteiger partial charge in [-0.2, -0.15) is 0 Å². The quantitative estimate of drug-likeness (QED) is 0.685. The van der Waals surface area contributed by atoms with Gasteiger partial charge < -0.3 is 15.2 Å². The van der Waals surface area contributed by atoms with Crippen LogP contribution in [-0.2, 0) is 21.4 Å². The molecule has 24 heavy (non-hydrogen) atoms. The van der Waals surface area contributed by atoms with Crippen LogP contribution >= 0.6 is 0 Å². The first-order valence-electron chi connectivity index (χ1n) is 7.39. The Kier molecular flexibility index (Phi) is 5.71. The Labute approximate surface area is 140 Å². The van der Waals surface area contributed by atoms with Crippen LogP contribution in [0.25, 0.3) is 0 Å². The molecule has 0 saturated heterocycles. The third kappa shape index (κ3) is 4.88. The van der Waals surface area contributed by atoms with Gasteiger partial charge in [-0.1, -0.05) is 24.2 Å². The van der Waals surface area contributed by atoms with E-state index < -0.39 is 16.1 Å². The maximum absolute atomic E-state index is 12.2. The lowest BCUT2D eigenvalue weighted by Gasteiger charge is -2.16. The highest BCUT2D eigenvalue weighted by molar-refractivity contribution is 7.89. The highest BCUT2D eigenvalue weighted by Gasteiger charge is 2.17. The molecule has 1 atom stereocenters. The molecular formula is C15H20N4O4S. The van der Waals surface area contributed by atoms with Crippen LogP contribution in [0.3, 0.4) is 0 Å². The van der Waals surface area contributed by atoms with Crippen LogP contribution in [0, 0.1) is 6.92 Å². The number of carbonyl (C=O) groups is 1. The molecule has 0 bridgehead atoms. The summed E-state index contributed by atoms with van der Waals surface area (Å²) in [6.07, 6.45) is 0.581. The molecule has 9 heteroatoms. The van der Waals surface area contributed by atoms with E-state index in [0.29, 0.717) is 24.5 Å². The van der Waals surface area contributed by atoms with Gasteiger partial charge >= 0.3 is 0 Å². The van der Waals surface area contributed by atoms with Gasteiger partial charge in [-0.3, -0.25) is 4.79 Å². The molecule has 0 saturated carbocycles. The van der Waals surface area contributed by atoms with Crippen molar-refractivity contribution in [3.8, 4) is 0 Å². The summed E-state index contributed by atoms with van der Waals surface area (Å²) in [6, 6.07) is 7.39. The Balaban J connectivity index is 1.94. The molecule has 8 nitrogen and oxygen atoms in total. The van der Waals surface area contributed by atoms with Gasteiger partial charge in [0.25, 0.3) is 0 Å². The summed E-state index contributed by atoms with van der Waals surface area (Å²) in [5.74, 6) is 0.767. The summed E-state index contributed by atoms with van der Waals surface area (Å²) in [5.41, 5.74) is 0.839. The molecular weight excluding hydrogens is 332 g/mol. The van der Waals surface area contributed by atoms with Gasteiger partial charge in [-0.25, -0.2) is 13.6 Å². The fraction of sp³-hybridized carbons (Fsp3) is 0.333. The second kappa shape index (κ2) is 7.56. The van der Waals surface area contributed by atoms with Gasteiger partial charge in [-0.05, 0) is 31.0 Å². The average Bonchev–Trinajstić information content (AvgIpc) is 2.92. The van der Waals surface area contributed by atoms with Crippen molar-refractivity contribution in [1.29, 1.82) is 0 Å². The third-order valence-electron chi connectivity index (χ3n) is 3.41. The number of carbonyl (C=O) groups excluding carboxylic acids is 1. The molecule has 1 unspecified atom stereocenters. The maximum Gasteiger partial charge on any atom is 0.242 e. The second-order valence-electron chi connectivity index (χ2n) is 5.34. The van der Waals surface area contributed by atoms with E-state index in [-0.39, 0.29) is 10.8 Å². The van der Waals surface area contributed by atoms with E-state index in [1.54, 1.807) is 25.1 Å². The van der Waals surface area contributed by atoms with Crippen LogP contribution in [0.1, 0.15) is 24.7 Å². The molecule has 0 spiro atoms. The van der Waals surface area contributed by atoms with E-state index in [1.807, 2.05) is 6.92 Å². The minimum absolute atomic E-state index is 0.0532. The molecule has 0 aliphatic rings. The van der Waals surface area contributed by atoms with Crippen LogP contribution < -0.4 is 15.8 Å². The number of aromatic nitrogens is 1. The summed E-state index contributed by atoms with van der Waals surface area (Å²) in [6.45, 7) is 4.04. The minimum Gasteiger partial charge on any atom is -0.360 e. The highest BCUT2D eigenvalue weighted by Crippen LogP contribution is 2.10. The van der Waals surface area contributed by atoms with Crippen molar-refractivity contribution in [3.05, 3.63) is 41.7 Å². The molecule has 2 aromatic rings. The topological polar surface area (TPSA) is 127 Å². The molecule has 1 amide bonds. The zero-order chi connectivity index (χ0) is 17.7. The Morgan fingerprint density at radius 3 is 2.50 bits per heavy atom. The maximum atomic E-state index is 12.2. The van der Waals surface area contributed by atoms with Crippen molar-refractivity contribution >= 4 is 21.7 Å². The van der Waals surface area contributed by atoms with Gasteiger partial charge in [0.1, 0.15) is 5.76 Å². The van der Waals surface area contributed by atoms with Gasteiger partial charge in [0.2, 0.25) is 15.9 Å². The van der Waals surface area contributed by atoms with Crippen LogP contribution in [0.2, 0.25) is 0 Å². The minimum atomic E-state index is -3.70. The first kappa shape index (κ1) is 18.1. The number of aryl methyl sites for hydroxylation is 1.